The second kappa shape index (κ2) is 10.8. The second-order valence-electron chi connectivity index (χ2n) is 7.02. The van der Waals surface area contributed by atoms with Gasteiger partial charge in [0.05, 0.1) is 19.6 Å². The first-order valence-electron chi connectivity index (χ1n) is 9.26. The van der Waals surface area contributed by atoms with E-state index < -0.39 is 0 Å². The first-order chi connectivity index (χ1) is 12.9. The Morgan fingerprint density at radius 2 is 1.81 bits per heavy atom. The van der Waals surface area contributed by atoms with E-state index in [1.165, 1.54) is 5.56 Å². The molecule has 0 atom stereocenters. The summed E-state index contributed by atoms with van der Waals surface area (Å²) in [5.41, 5.74) is 1.21. The Labute approximate surface area is 166 Å². The van der Waals surface area contributed by atoms with Gasteiger partial charge in [-0.2, -0.15) is 0 Å². The first-order valence-corrected chi connectivity index (χ1v) is 10.1. The van der Waals surface area contributed by atoms with Crippen LogP contribution in [0.25, 0.3) is 0 Å². The van der Waals surface area contributed by atoms with Crippen LogP contribution in [0.4, 0.5) is 0 Å². The van der Waals surface area contributed by atoms with Gasteiger partial charge in [0.25, 0.3) is 0 Å². The van der Waals surface area contributed by atoms with E-state index in [0.717, 1.165) is 11.3 Å². The van der Waals surface area contributed by atoms with Crippen molar-refractivity contribution in [2.75, 3.05) is 26.7 Å². The van der Waals surface area contributed by atoms with Crippen molar-refractivity contribution in [1.29, 1.82) is 0 Å². The van der Waals surface area contributed by atoms with Crippen molar-refractivity contribution in [1.82, 2.24) is 15.1 Å². The molecule has 6 heteroatoms. The van der Waals surface area contributed by atoms with Crippen LogP contribution in [0.2, 0.25) is 0 Å². The number of hydrogen-bond donors (Lipinski definition) is 1. The minimum absolute atomic E-state index is 0.0409. The molecule has 0 saturated carbocycles. The third-order valence-corrected chi connectivity index (χ3v) is 4.92. The van der Waals surface area contributed by atoms with Crippen LogP contribution in [0.5, 0.6) is 0 Å². The zero-order valence-electron chi connectivity index (χ0n) is 16.4. The average Bonchev–Trinajstić information content (AvgIpc) is 3.11. The summed E-state index contributed by atoms with van der Waals surface area (Å²) in [5.74, 6) is -0.0198. The molecule has 1 heterocycles. The quantitative estimate of drug-likeness (QED) is 0.682. The highest BCUT2D eigenvalue weighted by Gasteiger charge is 2.18. The van der Waals surface area contributed by atoms with E-state index >= 15 is 0 Å². The number of hydrogen-bond acceptors (Lipinski definition) is 4. The van der Waals surface area contributed by atoms with Crippen LogP contribution in [0.3, 0.4) is 0 Å². The molecule has 0 fully saturated rings. The number of rotatable bonds is 10. The van der Waals surface area contributed by atoms with Gasteiger partial charge in [0, 0.05) is 17.5 Å². The Morgan fingerprint density at radius 1 is 1.07 bits per heavy atom. The summed E-state index contributed by atoms with van der Waals surface area (Å²) in [6, 6.07) is 14.3. The molecule has 2 aromatic rings. The van der Waals surface area contributed by atoms with E-state index in [-0.39, 0.29) is 30.9 Å². The molecule has 0 aliphatic heterocycles. The predicted octanol–water partition coefficient (Wildman–Crippen LogP) is 2.78. The maximum Gasteiger partial charge on any atom is 0.237 e. The third kappa shape index (κ3) is 7.93. The highest BCUT2D eigenvalue weighted by atomic mass is 32.1. The molecule has 27 heavy (non-hydrogen) atoms. The molecule has 0 aliphatic carbocycles. The van der Waals surface area contributed by atoms with E-state index in [1.807, 2.05) is 54.5 Å². The molecule has 5 nitrogen and oxygen atoms in total. The summed E-state index contributed by atoms with van der Waals surface area (Å²) >= 11 is 1.66. The number of carbonyl (C=O) groups excluding carboxylic acids is 2. The first kappa shape index (κ1) is 21.1. The van der Waals surface area contributed by atoms with Crippen molar-refractivity contribution in [2.45, 2.75) is 32.9 Å². The highest BCUT2D eigenvalue weighted by molar-refractivity contribution is 7.09. The molecule has 2 amide bonds. The Balaban J connectivity index is 1.94. The van der Waals surface area contributed by atoms with Gasteiger partial charge in [-0.3, -0.25) is 14.5 Å². The van der Waals surface area contributed by atoms with Gasteiger partial charge in [-0.05, 0) is 44.3 Å². The molecule has 146 valence electrons. The molecule has 0 bridgehead atoms. The van der Waals surface area contributed by atoms with Gasteiger partial charge < -0.3 is 10.2 Å². The number of nitrogens with one attached hydrogen (secondary N) is 1. The van der Waals surface area contributed by atoms with Crippen LogP contribution in [-0.2, 0) is 22.6 Å². The molecule has 0 aliphatic rings. The lowest BCUT2D eigenvalue weighted by atomic mass is 10.1. The van der Waals surface area contributed by atoms with Gasteiger partial charge in [-0.15, -0.1) is 11.3 Å². The van der Waals surface area contributed by atoms with Crippen molar-refractivity contribution in [3.8, 4) is 0 Å². The zero-order chi connectivity index (χ0) is 19.6. The molecule has 0 spiro atoms. The lowest BCUT2D eigenvalue weighted by molar-refractivity contribution is -0.133. The minimum Gasteiger partial charge on any atom is -0.353 e. The van der Waals surface area contributed by atoms with Gasteiger partial charge in [0.15, 0.2) is 0 Å². The Bertz CT molecular complexity index is 701. The van der Waals surface area contributed by atoms with Gasteiger partial charge in [0.2, 0.25) is 11.8 Å². The van der Waals surface area contributed by atoms with Gasteiger partial charge in [-0.25, -0.2) is 0 Å². The number of benzene rings is 1. The van der Waals surface area contributed by atoms with Crippen molar-refractivity contribution in [2.24, 2.45) is 0 Å². The van der Waals surface area contributed by atoms with Crippen LogP contribution in [0.1, 0.15) is 24.3 Å². The van der Waals surface area contributed by atoms with Crippen LogP contribution >= 0.6 is 11.3 Å². The molecule has 1 aromatic heterocycles. The summed E-state index contributed by atoms with van der Waals surface area (Å²) in [6.45, 7) is 5.56. The van der Waals surface area contributed by atoms with Gasteiger partial charge in [0.1, 0.15) is 0 Å². The standard InChI is InChI=1S/C21H29N3O2S/c1-17(2)22-20(25)15-23(3)16-21(26)24(14-19-10-7-13-27-19)12-11-18-8-5-4-6-9-18/h4-10,13,17H,11-12,14-16H2,1-3H3,(H,22,25). The summed E-state index contributed by atoms with van der Waals surface area (Å²) in [7, 11) is 1.80. The van der Waals surface area contributed by atoms with E-state index in [9.17, 15) is 9.59 Å². The summed E-state index contributed by atoms with van der Waals surface area (Å²) in [5, 5.41) is 4.88. The fraction of sp³-hybridized carbons (Fsp3) is 0.429. The lowest BCUT2D eigenvalue weighted by Gasteiger charge is -2.25. The van der Waals surface area contributed by atoms with Crippen LogP contribution < -0.4 is 5.32 Å². The smallest absolute Gasteiger partial charge is 0.237 e. The van der Waals surface area contributed by atoms with Crippen LogP contribution in [0, 0.1) is 0 Å². The molecule has 1 N–H and O–H groups in total. The van der Waals surface area contributed by atoms with Gasteiger partial charge >= 0.3 is 0 Å². The van der Waals surface area contributed by atoms with E-state index in [0.29, 0.717) is 13.1 Å². The molecule has 0 radical (unpaired) electrons. The summed E-state index contributed by atoms with van der Waals surface area (Å²) in [4.78, 5) is 29.6. The monoisotopic (exact) mass is 387 g/mol. The van der Waals surface area contributed by atoms with Crippen LogP contribution in [0.15, 0.2) is 47.8 Å². The molecular formula is C21H29N3O2S. The number of amides is 2. The Morgan fingerprint density at radius 3 is 2.44 bits per heavy atom. The number of nitrogens with zero attached hydrogens (tertiary/aromatic N) is 2. The summed E-state index contributed by atoms with van der Waals surface area (Å²) in [6.07, 6.45) is 0.815. The topological polar surface area (TPSA) is 52.7 Å². The van der Waals surface area contributed by atoms with Crippen molar-refractivity contribution < 1.29 is 9.59 Å². The number of likely N-dealkylation sites (N-methyl/N-ethyl adjacent to an activating group) is 1. The average molecular weight is 388 g/mol. The van der Waals surface area contributed by atoms with Crippen molar-refractivity contribution in [3.63, 3.8) is 0 Å². The number of thiophene rings is 1. The third-order valence-electron chi connectivity index (χ3n) is 4.06. The van der Waals surface area contributed by atoms with Crippen LogP contribution in [-0.4, -0.2) is 54.3 Å². The number of carbonyl (C=O) groups is 2. The van der Waals surface area contributed by atoms with E-state index in [4.69, 9.17) is 0 Å². The van der Waals surface area contributed by atoms with E-state index in [2.05, 4.69) is 17.4 Å². The molecule has 1 aromatic carbocycles. The van der Waals surface area contributed by atoms with Crippen molar-refractivity contribution in [3.05, 3.63) is 58.3 Å². The maximum atomic E-state index is 12.9. The Kier molecular flexibility index (Phi) is 8.48. The van der Waals surface area contributed by atoms with Gasteiger partial charge in [-0.1, -0.05) is 36.4 Å². The maximum absolute atomic E-state index is 12.9. The lowest BCUT2D eigenvalue weighted by Crippen LogP contribution is -2.44. The molecule has 0 unspecified atom stereocenters. The zero-order valence-corrected chi connectivity index (χ0v) is 17.2. The predicted molar refractivity (Wildman–Crippen MR) is 111 cm³/mol. The second-order valence-corrected chi connectivity index (χ2v) is 8.06. The fourth-order valence-electron chi connectivity index (χ4n) is 2.79. The van der Waals surface area contributed by atoms with Crippen molar-refractivity contribution >= 4 is 23.2 Å². The minimum atomic E-state index is -0.0607. The molecular weight excluding hydrogens is 358 g/mol. The largest absolute Gasteiger partial charge is 0.353 e. The summed E-state index contributed by atoms with van der Waals surface area (Å²) < 4.78 is 0. The SMILES string of the molecule is CC(C)NC(=O)CN(C)CC(=O)N(CCc1ccccc1)Cc1cccs1. The molecule has 2 rings (SSSR count). The normalized spacial score (nSPS) is 11.0. The molecule has 0 saturated heterocycles. The Hall–Kier alpha value is -2.18. The van der Waals surface area contributed by atoms with E-state index in [1.54, 1.807) is 23.3 Å². The fourth-order valence-corrected chi connectivity index (χ4v) is 3.51. The highest BCUT2D eigenvalue weighted by Crippen LogP contribution is 2.13.